The molecule has 2 N–H and O–H groups in total. The molecule has 0 radical (unpaired) electrons. The van der Waals surface area contributed by atoms with E-state index in [2.05, 4.69) is 15.9 Å². The van der Waals surface area contributed by atoms with Gasteiger partial charge in [0.1, 0.15) is 11.9 Å². The molecule has 1 rings (SSSR count). The number of halogens is 4. The summed E-state index contributed by atoms with van der Waals surface area (Å²) in [6.07, 6.45) is -7.15. The van der Waals surface area contributed by atoms with Gasteiger partial charge >= 0.3 is 6.18 Å². The van der Waals surface area contributed by atoms with E-state index in [0.717, 1.165) is 12.1 Å². The van der Waals surface area contributed by atoms with Crippen molar-refractivity contribution in [1.29, 1.82) is 0 Å². The molecule has 2 unspecified atom stereocenters. The van der Waals surface area contributed by atoms with Gasteiger partial charge in [0.05, 0.1) is 18.8 Å². The van der Waals surface area contributed by atoms with Crippen LogP contribution in [0.15, 0.2) is 18.2 Å². The van der Waals surface area contributed by atoms with Gasteiger partial charge in [0.25, 0.3) is 0 Å². The monoisotopic (exact) mass is 328 g/mol. The highest BCUT2D eigenvalue weighted by Gasteiger charge is 2.32. The number of rotatable bonds is 4. The summed E-state index contributed by atoms with van der Waals surface area (Å²) in [6, 6.07) is 2.88. The quantitative estimate of drug-likeness (QED) is 0.835. The lowest BCUT2D eigenvalue weighted by Crippen LogP contribution is -2.20. The Kier molecular flexibility index (Phi) is 5.01. The summed E-state index contributed by atoms with van der Waals surface area (Å²) in [5, 5.41) is 19.2. The molecule has 0 aliphatic heterocycles. The SMILES string of the molecule is COc1cc(C(O)C(O)CBr)cc(C(F)(F)F)c1. The standard InChI is InChI=1S/C11H12BrF3O3/c1-18-8-3-6(10(17)9(16)5-12)2-7(4-8)11(13,14)15/h2-4,9-10,16-17H,5H2,1H3. The second kappa shape index (κ2) is 5.90. The maximum absolute atomic E-state index is 12.6. The van der Waals surface area contributed by atoms with Crippen LogP contribution in [0.25, 0.3) is 0 Å². The van der Waals surface area contributed by atoms with Gasteiger partial charge in [0.2, 0.25) is 0 Å². The van der Waals surface area contributed by atoms with Crippen molar-refractivity contribution in [2.45, 2.75) is 18.4 Å². The topological polar surface area (TPSA) is 49.7 Å². The number of hydrogen-bond donors (Lipinski definition) is 2. The van der Waals surface area contributed by atoms with Crippen LogP contribution in [-0.2, 0) is 6.18 Å². The number of alkyl halides is 4. The fourth-order valence-electron chi connectivity index (χ4n) is 1.38. The predicted octanol–water partition coefficient (Wildman–Crippen LogP) is 2.50. The Morgan fingerprint density at radius 2 is 1.89 bits per heavy atom. The minimum absolute atomic E-state index is 0.0272. The van der Waals surface area contributed by atoms with Crippen molar-refractivity contribution in [2.24, 2.45) is 0 Å². The molecule has 0 saturated carbocycles. The third-order valence-corrected chi connectivity index (χ3v) is 3.02. The Labute approximate surface area is 110 Å². The Morgan fingerprint density at radius 3 is 2.33 bits per heavy atom. The number of benzene rings is 1. The zero-order valence-corrected chi connectivity index (χ0v) is 11.0. The van der Waals surface area contributed by atoms with E-state index in [0.29, 0.717) is 0 Å². The Bertz CT molecular complexity index is 409. The molecule has 102 valence electrons. The molecule has 1 aromatic rings. The average Bonchev–Trinajstić information content (AvgIpc) is 2.35. The van der Waals surface area contributed by atoms with Gasteiger partial charge in [0, 0.05) is 5.33 Å². The van der Waals surface area contributed by atoms with Crippen molar-refractivity contribution in [1.82, 2.24) is 0 Å². The van der Waals surface area contributed by atoms with E-state index in [4.69, 9.17) is 4.74 Å². The van der Waals surface area contributed by atoms with Gasteiger partial charge in [-0.1, -0.05) is 15.9 Å². The largest absolute Gasteiger partial charge is 0.497 e. The zero-order valence-electron chi connectivity index (χ0n) is 9.41. The van der Waals surface area contributed by atoms with Crippen LogP contribution >= 0.6 is 15.9 Å². The lowest BCUT2D eigenvalue weighted by atomic mass is 10.0. The molecule has 0 heterocycles. The van der Waals surface area contributed by atoms with Crippen molar-refractivity contribution < 1.29 is 28.1 Å². The first-order valence-corrected chi connectivity index (χ1v) is 6.10. The van der Waals surface area contributed by atoms with Crippen molar-refractivity contribution in [2.75, 3.05) is 12.4 Å². The van der Waals surface area contributed by atoms with E-state index < -0.39 is 23.9 Å². The summed E-state index contributed by atoms with van der Waals surface area (Å²) in [6.45, 7) is 0. The number of aliphatic hydroxyl groups excluding tert-OH is 2. The fourth-order valence-corrected chi connectivity index (χ4v) is 1.73. The molecule has 0 amide bonds. The maximum atomic E-state index is 12.6. The third kappa shape index (κ3) is 3.60. The van der Waals surface area contributed by atoms with Crippen LogP contribution in [0, 0.1) is 0 Å². The second-order valence-electron chi connectivity index (χ2n) is 3.66. The van der Waals surface area contributed by atoms with Crippen LogP contribution in [0.5, 0.6) is 5.75 Å². The van der Waals surface area contributed by atoms with E-state index in [-0.39, 0.29) is 16.6 Å². The van der Waals surface area contributed by atoms with Gasteiger partial charge < -0.3 is 14.9 Å². The molecule has 0 spiro atoms. The highest BCUT2D eigenvalue weighted by atomic mass is 79.9. The number of aliphatic hydroxyl groups is 2. The Balaban J connectivity index is 3.20. The second-order valence-corrected chi connectivity index (χ2v) is 4.31. The molecule has 18 heavy (non-hydrogen) atoms. The normalized spacial score (nSPS) is 15.3. The maximum Gasteiger partial charge on any atom is 0.416 e. The number of ether oxygens (including phenoxy) is 1. The molecule has 1 aromatic carbocycles. The molecule has 2 atom stereocenters. The smallest absolute Gasteiger partial charge is 0.416 e. The first-order valence-electron chi connectivity index (χ1n) is 4.98. The van der Waals surface area contributed by atoms with Gasteiger partial charge in [-0.25, -0.2) is 0 Å². The first kappa shape index (κ1) is 15.3. The lowest BCUT2D eigenvalue weighted by molar-refractivity contribution is -0.137. The highest BCUT2D eigenvalue weighted by Crippen LogP contribution is 2.34. The number of hydrogen-bond acceptors (Lipinski definition) is 3. The van der Waals surface area contributed by atoms with Crippen molar-refractivity contribution in [3.63, 3.8) is 0 Å². The first-order chi connectivity index (χ1) is 8.29. The fraction of sp³-hybridized carbons (Fsp3) is 0.455. The summed E-state index contributed by atoms with van der Waals surface area (Å²) in [5.41, 5.74) is -0.980. The summed E-state index contributed by atoms with van der Waals surface area (Å²) >= 11 is 2.94. The molecule has 0 aliphatic carbocycles. The van der Waals surface area contributed by atoms with E-state index in [1.807, 2.05) is 0 Å². The van der Waals surface area contributed by atoms with Crippen LogP contribution < -0.4 is 4.74 Å². The van der Waals surface area contributed by atoms with Crippen LogP contribution in [-0.4, -0.2) is 28.8 Å². The van der Waals surface area contributed by atoms with E-state index >= 15 is 0 Å². The van der Waals surface area contributed by atoms with Crippen molar-refractivity contribution in [3.8, 4) is 5.75 Å². The summed E-state index contributed by atoms with van der Waals surface area (Å²) in [5.74, 6) is -0.0272. The molecular formula is C11H12BrF3O3. The minimum atomic E-state index is -4.54. The molecule has 0 bridgehead atoms. The van der Waals surface area contributed by atoms with Crippen LogP contribution in [0.2, 0.25) is 0 Å². The zero-order chi connectivity index (χ0) is 13.9. The molecule has 7 heteroatoms. The molecule has 0 fully saturated rings. The van der Waals surface area contributed by atoms with Crippen molar-refractivity contribution in [3.05, 3.63) is 29.3 Å². The predicted molar refractivity (Wildman–Crippen MR) is 62.8 cm³/mol. The van der Waals surface area contributed by atoms with Gasteiger partial charge in [-0.3, -0.25) is 0 Å². The summed E-state index contributed by atoms with van der Waals surface area (Å²) in [4.78, 5) is 0. The highest BCUT2D eigenvalue weighted by molar-refractivity contribution is 9.09. The van der Waals surface area contributed by atoms with Crippen molar-refractivity contribution >= 4 is 15.9 Å². The van der Waals surface area contributed by atoms with Gasteiger partial charge in [-0.15, -0.1) is 0 Å². The van der Waals surface area contributed by atoms with E-state index in [9.17, 15) is 23.4 Å². The molecule has 0 aliphatic rings. The summed E-state index contributed by atoms with van der Waals surface area (Å²) < 4.78 is 42.6. The number of methoxy groups -OCH3 is 1. The minimum Gasteiger partial charge on any atom is -0.497 e. The van der Waals surface area contributed by atoms with Crippen LogP contribution in [0.3, 0.4) is 0 Å². The average molecular weight is 329 g/mol. The molecule has 3 nitrogen and oxygen atoms in total. The van der Waals surface area contributed by atoms with Gasteiger partial charge in [-0.05, 0) is 23.8 Å². The Hall–Kier alpha value is -0.790. The van der Waals surface area contributed by atoms with Crippen LogP contribution in [0.4, 0.5) is 13.2 Å². The Morgan fingerprint density at radius 1 is 1.28 bits per heavy atom. The molecular weight excluding hydrogens is 317 g/mol. The molecule has 0 saturated heterocycles. The molecule has 0 aromatic heterocycles. The van der Waals surface area contributed by atoms with E-state index in [1.54, 1.807) is 0 Å². The van der Waals surface area contributed by atoms with Gasteiger partial charge in [0.15, 0.2) is 0 Å². The van der Waals surface area contributed by atoms with E-state index in [1.165, 1.54) is 13.2 Å². The van der Waals surface area contributed by atoms with Gasteiger partial charge in [-0.2, -0.15) is 13.2 Å². The lowest BCUT2D eigenvalue weighted by Gasteiger charge is -2.18. The third-order valence-electron chi connectivity index (χ3n) is 2.36. The van der Waals surface area contributed by atoms with Crippen LogP contribution in [0.1, 0.15) is 17.2 Å². The summed E-state index contributed by atoms with van der Waals surface area (Å²) in [7, 11) is 1.23.